The lowest BCUT2D eigenvalue weighted by Gasteiger charge is -2.13. The molecule has 0 rings (SSSR count). The molecule has 0 aromatic carbocycles. The third kappa shape index (κ3) is 6.72. The van der Waals surface area contributed by atoms with E-state index in [1.54, 1.807) is 14.2 Å². The predicted octanol–water partition coefficient (Wildman–Crippen LogP) is 3.66. The predicted molar refractivity (Wildman–Crippen MR) is 61.6 cm³/mol. The van der Waals surface area contributed by atoms with Crippen LogP contribution in [0.1, 0.15) is 39.0 Å². The molecule has 0 spiro atoms. The Balaban J connectivity index is 3.34. The van der Waals surface area contributed by atoms with Gasteiger partial charge in [-0.15, -0.1) is 0 Å². The van der Waals surface area contributed by atoms with Crippen LogP contribution in [-0.2, 0) is 13.6 Å². The molecule has 0 unspecified atom stereocenters. The van der Waals surface area contributed by atoms with Crippen LogP contribution in [-0.4, -0.2) is 27.5 Å². The zero-order chi connectivity index (χ0) is 10.9. The molecule has 0 saturated heterocycles. The molecule has 0 bridgehead atoms. The maximum atomic E-state index is 5.57. The summed E-state index contributed by atoms with van der Waals surface area (Å²) in [4.78, 5) is 0. The van der Waals surface area contributed by atoms with Gasteiger partial charge in [-0.25, -0.2) is 0 Å². The average molecular weight is 223 g/mol. The average Bonchev–Trinajstić information content (AvgIpc) is 2.23. The van der Waals surface area contributed by atoms with Gasteiger partial charge in [0.25, 0.3) is 0 Å². The first-order valence-corrected chi connectivity index (χ1v) is 7.30. The first-order valence-electron chi connectivity index (χ1n) is 5.31. The number of unbranched alkanes of at least 4 members (excludes halogenated alkanes) is 4. The molecule has 0 aliphatic heterocycles. The normalized spacial score (nSPS) is 12.0. The van der Waals surface area contributed by atoms with Crippen LogP contribution in [0.2, 0.25) is 0 Å². The third-order valence-corrected chi connectivity index (χ3v) is 4.22. The topological polar surface area (TPSA) is 27.7 Å². The van der Waals surface area contributed by atoms with E-state index >= 15 is 0 Å². The van der Waals surface area contributed by atoms with Crippen molar-refractivity contribution in [2.24, 2.45) is 0 Å². The molecule has 0 heterocycles. The van der Waals surface area contributed by atoms with Crippen LogP contribution >= 0.6 is 7.94 Å². The van der Waals surface area contributed by atoms with E-state index in [1.165, 1.54) is 25.7 Å². The highest BCUT2D eigenvalue weighted by atomic mass is 31.2. The summed E-state index contributed by atoms with van der Waals surface area (Å²) < 4.78 is 15.9. The molecule has 4 heteroatoms. The summed E-state index contributed by atoms with van der Waals surface area (Å²) in [6.07, 6.45) is 6.24. The minimum Gasteiger partial charge on any atom is -0.182 e. The molecule has 0 saturated carbocycles. The van der Waals surface area contributed by atoms with Crippen LogP contribution < -0.4 is 0 Å². The Morgan fingerprint density at radius 2 is 1.50 bits per heavy atom. The van der Waals surface area contributed by atoms with E-state index in [0.29, 0.717) is 0 Å². The zero-order valence-corrected chi connectivity index (χ0v) is 10.8. The molecule has 0 amide bonds. The zero-order valence-electron chi connectivity index (χ0n) is 9.91. The van der Waals surface area contributed by atoms with Crippen LogP contribution in [0.15, 0.2) is 0 Å². The smallest absolute Gasteiger partial charge is 0.182 e. The Bertz CT molecular complexity index is 127. The van der Waals surface area contributed by atoms with Crippen molar-refractivity contribution in [1.29, 1.82) is 0 Å². The van der Waals surface area contributed by atoms with Crippen LogP contribution in [0.4, 0.5) is 0 Å². The molecule has 14 heavy (non-hydrogen) atoms. The molecule has 86 valence electrons. The van der Waals surface area contributed by atoms with E-state index in [9.17, 15) is 0 Å². The van der Waals surface area contributed by atoms with Crippen LogP contribution in [0.25, 0.3) is 0 Å². The van der Waals surface area contributed by atoms with Gasteiger partial charge < -0.3 is 0 Å². The Kier molecular flexibility index (Phi) is 8.80. The van der Waals surface area contributed by atoms with Gasteiger partial charge in [-0.05, 0) is 6.42 Å². The summed E-state index contributed by atoms with van der Waals surface area (Å²) in [5, 5.41) is 0. The molecule has 0 aliphatic rings. The molecule has 0 aliphatic carbocycles. The lowest BCUT2D eigenvalue weighted by Crippen LogP contribution is -2.02. The maximum Gasteiger partial charge on any atom is 0.407 e. The number of rotatable bonds is 9. The maximum absolute atomic E-state index is 5.57. The first kappa shape index (κ1) is 14.3. The Labute approximate surface area is 88.7 Å². The first-order chi connectivity index (χ1) is 6.68. The van der Waals surface area contributed by atoms with Gasteiger partial charge in [0.05, 0.1) is 20.8 Å². The van der Waals surface area contributed by atoms with Gasteiger partial charge in [0.15, 0.2) is 0 Å². The van der Waals surface area contributed by atoms with Crippen molar-refractivity contribution >= 4 is 7.94 Å². The lowest BCUT2D eigenvalue weighted by atomic mass is 10.2. The van der Waals surface area contributed by atoms with Gasteiger partial charge >= 0.3 is 7.94 Å². The molecule has 0 N–H and O–H groups in total. The van der Waals surface area contributed by atoms with Crippen molar-refractivity contribution in [1.82, 2.24) is 0 Å². The minimum atomic E-state index is -1.99. The lowest BCUT2D eigenvalue weighted by molar-refractivity contribution is 0.182. The minimum absolute atomic E-state index is 0.746. The van der Waals surface area contributed by atoms with Crippen molar-refractivity contribution < 1.29 is 13.6 Å². The second-order valence-corrected chi connectivity index (χ2v) is 5.92. The standard InChI is InChI=1S/C10H24O3P/c1-5-6-7-8-9-10-13-14(4,11-2)12-3/h5-10H2,1-4H3/q+1. The molecule has 0 radical (unpaired) electrons. The number of hydrogen-bond acceptors (Lipinski definition) is 3. The number of hydrogen-bond donors (Lipinski definition) is 0. The second-order valence-electron chi connectivity index (χ2n) is 3.38. The van der Waals surface area contributed by atoms with E-state index < -0.39 is 7.94 Å². The van der Waals surface area contributed by atoms with Crippen LogP contribution in [0, 0.1) is 0 Å². The molecule has 0 fully saturated rings. The van der Waals surface area contributed by atoms with Gasteiger partial charge in [-0.1, -0.05) is 32.6 Å². The van der Waals surface area contributed by atoms with Crippen LogP contribution in [0.5, 0.6) is 0 Å². The Hall–Kier alpha value is 0.310. The highest BCUT2D eigenvalue weighted by Crippen LogP contribution is 2.57. The Morgan fingerprint density at radius 1 is 0.929 bits per heavy atom. The van der Waals surface area contributed by atoms with Gasteiger partial charge in [0.2, 0.25) is 0 Å². The van der Waals surface area contributed by atoms with E-state index in [2.05, 4.69) is 6.92 Å². The van der Waals surface area contributed by atoms with Gasteiger partial charge in [-0.3, -0.25) is 0 Å². The fraction of sp³-hybridized carbons (Fsp3) is 1.00. The summed E-state index contributed by atoms with van der Waals surface area (Å²) in [5.74, 6) is 0. The second kappa shape index (κ2) is 8.60. The summed E-state index contributed by atoms with van der Waals surface area (Å²) in [7, 11) is 1.28. The van der Waals surface area contributed by atoms with E-state index in [-0.39, 0.29) is 0 Å². The van der Waals surface area contributed by atoms with Gasteiger partial charge in [0.1, 0.15) is 6.66 Å². The third-order valence-electron chi connectivity index (χ3n) is 2.24. The summed E-state index contributed by atoms with van der Waals surface area (Å²) >= 11 is 0. The largest absolute Gasteiger partial charge is 0.407 e. The van der Waals surface area contributed by atoms with Crippen molar-refractivity contribution in [3.05, 3.63) is 0 Å². The summed E-state index contributed by atoms with van der Waals surface area (Å²) in [6, 6.07) is 0. The van der Waals surface area contributed by atoms with E-state index in [1.807, 2.05) is 6.66 Å². The Morgan fingerprint density at radius 3 is 2.00 bits per heavy atom. The van der Waals surface area contributed by atoms with Crippen molar-refractivity contribution in [2.75, 3.05) is 27.5 Å². The molecule has 3 nitrogen and oxygen atoms in total. The van der Waals surface area contributed by atoms with Crippen molar-refractivity contribution in [3.63, 3.8) is 0 Å². The van der Waals surface area contributed by atoms with E-state index in [4.69, 9.17) is 13.6 Å². The SMILES string of the molecule is CCCCCCCO[P+](C)(OC)OC. The summed E-state index contributed by atoms with van der Waals surface area (Å²) in [6.45, 7) is 4.85. The molecule has 0 aromatic rings. The molecular weight excluding hydrogens is 199 g/mol. The highest BCUT2D eigenvalue weighted by Gasteiger charge is 2.34. The highest BCUT2D eigenvalue weighted by molar-refractivity contribution is 7.60. The van der Waals surface area contributed by atoms with Crippen molar-refractivity contribution in [2.45, 2.75) is 39.0 Å². The fourth-order valence-electron chi connectivity index (χ4n) is 1.12. The summed E-state index contributed by atoms with van der Waals surface area (Å²) in [5.41, 5.74) is 0. The molecular formula is C10H24O3P+. The fourth-order valence-corrected chi connectivity index (χ4v) is 1.94. The van der Waals surface area contributed by atoms with Gasteiger partial charge in [-0.2, -0.15) is 13.6 Å². The quantitative estimate of drug-likeness (QED) is 0.441. The molecule has 0 aromatic heterocycles. The monoisotopic (exact) mass is 223 g/mol. The van der Waals surface area contributed by atoms with Crippen LogP contribution in [0.3, 0.4) is 0 Å². The van der Waals surface area contributed by atoms with E-state index in [0.717, 1.165) is 13.0 Å². The molecule has 0 atom stereocenters. The van der Waals surface area contributed by atoms with Gasteiger partial charge in [0, 0.05) is 0 Å². The van der Waals surface area contributed by atoms with Crippen molar-refractivity contribution in [3.8, 4) is 0 Å².